The number of likely N-dealkylation sites (tertiary alicyclic amines) is 1. The lowest BCUT2D eigenvalue weighted by Crippen LogP contribution is -2.32. The van der Waals surface area contributed by atoms with Crippen LogP contribution < -0.4 is 10.2 Å². The molecule has 5 heteroatoms. The predicted molar refractivity (Wildman–Crippen MR) is 85.6 cm³/mol. The summed E-state index contributed by atoms with van der Waals surface area (Å²) >= 11 is 0. The van der Waals surface area contributed by atoms with Gasteiger partial charge in [0.1, 0.15) is 0 Å². The van der Waals surface area contributed by atoms with Crippen molar-refractivity contribution < 1.29 is 0 Å². The van der Waals surface area contributed by atoms with Crippen LogP contribution >= 0.6 is 0 Å². The highest BCUT2D eigenvalue weighted by Crippen LogP contribution is 2.20. The van der Waals surface area contributed by atoms with Crippen LogP contribution in [0.15, 0.2) is 6.20 Å². The number of anilines is 1. The summed E-state index contributed by atoms with van der Waals surface area (Å²) in [6.45, 7) is 7.60. The molecule has 0 bridgehead atoms. The minimum absolute atomic E-state index is 0.729. The van der Waals surface area contributed by atoms with Crippen molar-refractivity contribution in [2.45, 2.75) is 45.2 Å². The maximum Gasteiger partial charge on any atom is 0.225 e. The van der Waals surface area contributed by atoms with E-state index in [1.54, 1.807) is 0 Å². The molecule has 0 unspecified atom stereocenters. The predicted octanol–water partition coefficient (Wildman–Crippen LogP) is 1.57. The molecule has 1 saturated carbocycles. The first-order valence-electron chi connectivity index (χ1n) is 8.22. The molecule has 1 aromatic rings. The van der Waals surface area contributed by atoms with Gasteiger partial charge in [0.2, 0.25) is 5.95 Å². The Morgan fingerprint density at radius 2 is 2.10 bits per heavy atom. The highest BCUT2D eigenvalue weighted by atomic mass is 15.3. The van der Waals surface area contributed by atoms with Gasteiger partial charge in [-0.2, -0.15) is 0 Å². The number of rotatable bonds is 7. The molecule has 1 aliphatic carbocycles. The Morgan fingerprint density at radius 1 is 1.33 bits per heavy atom. The average Bonchev–Trinajstić information content (AvgIpc) is 3.17. The van der Waals surface area contributed by atoms with E-state index in [0.717, 1.165) is 37.3 Å². The summed E-state index contributed by atoms with van der Waals surface area (Å²) in [5.41, 5.74) is 2.32. The van der Waals surface area contributed by atoms with E-state index >= 15 is 0 Å². The first kappa shape index (κ1) is 14.7. The van der Waals surface area contributed by atoms with Gasteiger partial charge in [0, 0.05) is 50.2 Å². The monoisotopic (exact) mass is 289 g/mol. The van der Waals surface area contributed by atoms with E-state index in [1.165, 1.54) is 44.3 Å². The zero-order chi connectivity index (χ0) is 14.7. The topological polar surface area (TPSA) is 44.3 Å². The Bertz CT molecular complexity index is 466. The Balaban J connectivity index is 1.52. The molecule has 116 valence electrons. The lowest BCUT2D eigenvalue weighted by atomic mass is 10.2. The van der Waals surface area contributed by atoms with Crippen molar-refractivity contribution in [3.8, 4) is 0 Å². The van der Waals surface area contributed by atoms with E-state index in [1.807, 2.05) is 6.20 Å². The Hall–Kier alpha value is -1.20. The summed E-state index contributed by atoms with van der Waals surface area (Å²) in [5, 5.41) is 3.52. The second kappa shape index (κ2) is 6.71. The van der Waals surface area contributed by atoms with Gasteiger partial charge >= 0.3 is 0 Å². The molecule has 2 heterocycles. The standard InChI is InChI=1S/C16H27N5/c1-13-14(11-17-15-5-6-15)12-18-16(19-13)20(2)9-10-21-7-3-4-8-21/h12,15,17H,3-11H2,1-2H3. The van der Waals surface area contributed by atoms with Gasteiger partial charge in [-0.3, -0.25) is 0 Å². The van der Waals surface area contributed by atoms with Crippen LogP contribution in [0.4, 0.5) is 5.95 Å². The minimum Gasteiger partial charge on any atom is -0.343 e. The van der Waals surface area contributed by atoms with E-state index < -0.39 is 0 Å². The van der Waals surface area contributed by atoms with Gasteiger partial charge in [0.15, 0.2) is 0 Å². The third-order valence-electron chi connectivity index (χ3n) is 4.52. The van der Waals surface area contributed by atoms with Crippen molar-refractivity contribution in [2.75, 3.05) is 38.1 Å². The van der Waals surface area contributed by atoms with Gasteiger partial charge in [-0.15, -0.1) is 0 Å². The van der Waals surface area contributed by atoms with Crippen molar-refractivity contribution in [1.82, 2.24) is 20.2 Å². The van der Waals surface area contributed by atoms with Crippen molar-refractivity contribution in [2.24, 2.45) is 0 Å². The quantitative estimate of drug-likeness (QED) is 0.825. The highest BCUT2D eigenvalue weighted by Gasteiger charge is 2.20. The summed E-state index contributed by atoms with van der Waals surface area (Å²) in [6.07, 6.45) is 7.32. The molecule has 0 radical (unpaired) electrons. The normalized spacial score (nSPS) is 19.1. The largest absolute Gasteiger partial charge is 0.343 e. The third-order valence-corrected chi connectivity index (χ3v) is 4.52. The van der Waals surface area contributed by atoms with Crippen LogP contribution in [0.1, 0.15) is 36.9 Å². The van der Waals surface area contributed by atoms with Crippen molar-refractivity contribution >= 4 is 5.95 Å². The van der Waals surface area contributed by atoms with Crippen LogP contribution in [0, 0.1) is 6.92 Å². The second-order valence-electron chi connectivity index (χ2n) is 6.41. The summed E-state index contributed by atoms with van der Waals surface area (Å²) < 4.78 is 0. The number of nitrogens with one attached hydrogen (secondary N) is 1. The second-order valence-corrected chi connectivity index (χ2v) is 6.41. The molecular weight excluding hydrogens is 262 g/mol. The van der Waals surface area contributed by atoms with Crippen molar-refractivity contribution in [3.05, 3.63) is 17.5 Å². The van der Waals surface area contributed by atoms with Crippen LogP contribution in [-0.2, 0) is 6.54 Å². The molecule has 0 atom stereocenters. The SMILES string of the molecule is Cc1nc(N(C)CCN2CCCC2)ncc1CNC1CC1. The summed E-state index contributed by atoms with van der Waals surface area (Å²) in [5.74, 6) is 0.849. The lowest BCUT2D eigenvalue weighted by molar-refractivity contribution is 0.346. The van der Waals surface area contributed by atoms with Crippen molar-refractivity contribution in [3.63, 3.8) is 0 Å². The number of aryl methyl sites for hydroxylation is 1. The van der Waals surface area contributed by atoms with Gasteiger partial charge in [0.25, 0.3) is 0 Å². The Kier molecular flexibility index (Phi) is 4.70. The Morgan fingerprint density at radius 3 is 2.76 bits per heavy atom. The molecule has 21 heavy (non-hydrogen) atoms. The molecule has 0 amide bonds. The fourth-order valence-electron chi connectivity index (χ4n) is 2.78. The minimum atomic E-state index is 0.729. The molecule has 1 saturated heterocycles. The van der Waals surface area contributed by atoms with Gasteiger partial charge in [-0.1, -0.05) is 0 Å². The van der Waals surface area contributed by atoms with Crippen LogP contribution in [-0.4, -0.2) is 54.1 Å². The van der Waals surface area contributed by atoms with Gasteiger partial charge < -0.3 is 15.1 Å². The van der Waals surface area contributed by atoms with Crippen molar-refractivity contribution in [1.29, 1.82) is 0 Å². The van der Waals surface area contributed by atoms with E-state index in [4.69, 9.17) is 0 Å². The number of nitrogens with zero attached hydrogens (tertiary/aromatic N) is 4. The molecule has 3 rings (SSSR count). The summed E-state index contributed by atoms with van der Waals surface area (Å²) in [6, 6.07) is 0.729. The molecule has 1 aromatic heterocycles. The van der Waals surface area contributed by atoms with E-state index in [-0.39, 0.29) is 0 Å². The lowest BCUT2D eigenvalue weighted by Gasteiger charge is -2.22. The van der Waals surface area contributed by atoms with E-state index in [0.29, 0.717) is 0 Å². The third kappa shape index (κ3) is 4.14. The van der Waals surface area contributed by atoms with Crippen LogP contribution in [0.3, 0.4) is 0 Å². The molecule has 0 aromatic carbocycles. The van der Waals surface area contributed by atoms with E-state index in [9.17, 15) is 0 Å². The number of likely N-dealkylation sites (N-methyl/N-ethyl adjacent to an activating group) is 1. The zero-order valence-corrected chi connectivity index (χ0v) is 13.3. The molecule has 0 spiro atoms. The van der Waals surface area contributed by atoms with Crippen LogP contribution in [0.25, 0.3) is 0 Å². The maximum atomic E-state index is 4.67. The van der Waals surface area contributed by atoms with Gasteiger partial charge in [-0.25, -0.2) is 9.97 Å². The molecule has 1 aliphatic heterocycles. The zero-order valence-electron chi connectivity index (χ0n) is 13.3. The molecular formula is C16H27N5. The first-order valence-corrected chi connectivity index (χ1v) is 8.22. The fraction of sp³-hybridized carbons (Fsp3) is 0.750. The van der Waals surface area contributed by atoms with E-state index in [2.05, 4.69) is 39.1 Å². The number of hydrogen-bond acceptors (Lipinski definition) is 5. The highest BCUT2D eigenvalue weighted by molar-refractivity contribution is 5.31. The Labute approximate surface area is 127 Å². The molecule has 2 aliphatic rings. The molecule has 2 fully saturated rings. The fourth-order valence-corrected chi connectivity index (χ4v) is 2.78. The number of aromatic nitrogens is 2. The van der Waals surface area contributed by atoms with Crippen LogP contribution in [0.5, 0.6) is 0 Å². The van der Waals surface area contributed by atoms with Crippen LogP contribution in [0.2, 0.25) is 0 Å². The summed E-state index contributed by atoms with van der Waals surface area (Å²) in [4.78, 5) is 13.9. The maximum absolute atomic E-state index is 4.67. The van der Waals surface area contributed by atoms with Gasteiger partial charge in [0.05, 0.1) is 0 Å². The molecule has 5 nitrogen and oxygen atoms in total. The summed E-state index contributed by atoms with van der Waals surface area (Å²) in [7, 11) is 2.09. The first-order chi connectivity index (χ1) is 10.2. The molecule has 1 N–H and O–H groups in total. The smallest absolute Gasteiger partial charge is 0.225 e. The van der Waals surface area contributed by atoms with Gasteiger partial charge in [-0.05, 0) is 45.7 Å². The number of hydrogen-bond donors (Lipinski definition) is 1. The average molecular weight is 289 g/mol.